The zero-order valence-corrected chi connectivity index (χ0v) is 22.5. The predicted molar refractivity (Wildman–Crippen MR) is 139 cm³/mol. The van der Waals surface area contributed by atoms with E-state index in [1.807, 2.05) is 0 Å². The molecule has 11 heteroatoms. The number of fused-ring (bicyclic) bond motifs is 1. The summed E-state index contributed by atoms with van der Waals surface area (Å²) in [6.07, 6.45) is 4.63. The van der Waals surface area contributed by atoms with Gasteiger partial charge in [0.05, 0.1) is 19.2 Å². The molecule has 1 aliphatic carbocycles. The number of aliphatic carboxylic acids is 1. The van der Waals surface area contributed by atoms with Gasteiger partial charge in [0.1, 0.15) is 23.6 Å². The Morgan fingerprint density at radius 1 is 1.21 bits per heavy atom. The van der Waals surface area contributed by atoms with Gasteiger partial charge in [0, 0.05) is 25.3 Å². The van der Waals surface area contributed by atoms with Crippen molar-refractivity contribution in [3.05, 3.63) is 23.4 Å². The van der Waals surface area contributed by atoms with E-state index < -0.39 is 35.9 Å². The summed E-state index contributed by atoms with van der Waals surface area (Å²) >= 11 is 0. The molecule has 1 aromatic heterocycles. The molecule has 38 heavy (non-hydrogen) atoms. The van der Waals surface area contributed by atoms with Crippen molar-refractivity contribution in [3.8, 4) is 0 Å². The van der Waals surface area contributed by atoms with Crippen LogP contribution in [0.25, 0.3) is 0 Å². The number of carboxylic acid groups (broad SMARTS) is 1. The first kappa shape index (κ1) is 27.9. The van der Waals surface area contributed by atoms with Gasteiger partial charge < -0.3 is 34.9 Å². The Bertz CT molecular complexity index is 1000. The van der Waals surface area contributed by atoms with Crippen LogP contribution < -0.4 is 10.6 Å². The average molecular weight is 533 g/mol. The van der Waals surface area contributed by atoms with Crippen LogP contribution in [0.15, 0.2) is 12.1 Å². The van der Waals surface area contributed by atoms with Gasteiger partial charge in [-0.15, -0.1) is 0 Å². The summed E-state index contributed by atoms with van der Waals surface area (Å²) in [4.78, 5) is 41.9. The molecule has 3 N–H and O–H groups in total. The molecule has 0 bridgehead atoms. The van der Waals surface area contributed by atoms with E-state index in [1.165, 1.54) is 10.5 Å². The summed E-state index contributed by atoms with van der Waals surface area (Å²) in [7, 11) is 0. The summed E-state index contributed by atoms with van der Waals surface area (Å²) in [5.41, 5.74) is 1.81. The lowest BCUT2D eigenvalue weighted by Crippen LogP contribution is -2.57. The zero-order valence-electron chi connectivity index (χ0n) is 22.5. The van der Waals surface area contributed by atoms with Crippen molar-refractivity contribution in [2.45, 2.75) is 89.6 Å². The number of likely N-dealkylation sites (tertiary alicyclic amines) is 1. The first-order valence-corrected chi connectivity index (χ1v) is 13.6. The standard InChI is InChI=1S/C27H40N4O7/c1-27(2,3)38-26(35)31-15-21(16-31)37-25(34)30-22(24(32)33)10-12-36-20-13-17(14-20)6-8-19-9-7-18-5-4-11-28-23(18)29-19/h7,9,17,20-22H,4-6,8,10-16H2,1-3H3,(H,28,29)(H,30,34)(H,32,33)/t17?,20?,22-/m0/s1. The third kappa shape index (κ3) is 7.96. The maximum absolute atomic E-state index is 12.2. The number of carboxylic acids is 1. The van der Waals surface area contributed by atoms with E-state index in [4.69, 9.17) is 19.2 Å². The number of pyridine rings is 1. The van der Waals surface area contributed by atoms with Crippen LogP contribution in [0, 0.1) is 5.92 Å². The monoisotopic (exact) mass is 532 g/mol. The Morgan fingerprint density at radius 3 is 2.68 bits per heavy atom. The molecule has 1 saturated heterocycles. The molecule has 11 nitrogen and oxygen atoms in total. The number of amides is 2. The number of nitrogens with zero attached hydrogens (tertiary/aromatic N) is 2. The minimum atomic E-state index is -1.15. The van der Waals surface area contributed by atoms with Crippen LogP contribution in [0.4, 0.5) is 15.4 Å². The first-order chi connectivity index (χ1) is 18.1. The fourth-order valence-corrected chi connectivity index (χ4v) is 4.83. The normalized spacial score (nSPS) is 21.7. The maximum Gasteiger partial charge on any atom is 0.410 e. The molecule has 4 rings (SSSR count). The highest BCUT2D eigenvalue weighted by atomic mass is 16.6. The van der Waals surface area contributed by atoms with E-state index in [1.54, 1.807) is 20.8 Å². The van der Waals surface area contributed by atoms with Gasteiger partial charge in [0.25, 0.3) is 0 Å². The van der Waals surface area contributed by atoms with Crippen LogP contribution in [0.1, 0.15) is 64.1 Å². The summed E-state index contributed by atoms with van der Waals surface area (Å²) in [5, 5.41) is 15.2. The topological polar surface area (TPSA) is 139 Å². The smallest absolute Gasteiger partial charge is 0.410 e. The van der Waals surface area contributed by atoms with E-state index in [2.05, 4.69) is 22.8 Å². The lowest BCUT2D eigenvalue weighted by atomic mass is 9.79. The van der Waals surface area contributed by atoms with Crippen molar-refractivity contribution in [2.75, 3.05) is 31.6 Å². The van der Waals surface area contributed by atoms with E-state index in [0.29, 0.717) is 5.92 Å². The van der Waals surface area contributed by atoms with Gasteiger partial charge in [-0.05, 0) is 76.8 Å². The highest BCUT2D eigenvalue weighted by molar-refractivity contribution is 5.80. The van der Waals surface area contributed by atoms with Crippen LogP contribution in [0.2, 0.25) is 0 Å². The van der Waals surface area contributed by atoms with Gasteiger partial charge in [-0.3, -0.25) is 0 Å². The third-order valence-corrected chi connectivity index (χ3v) is 7.08. The van der Waals surface area contributed by atoms with E-state index in [9.17, 15) is 19.5 Å². The summed E-state index contributed by atoms with van der Waals surface area (Å²) < 4.78 is 16.3. The van der Waals surface area contributed by atoms with Crippen LogP contribution >= 0.6 is 0 Å². The number of anilines is 1. The Balaban J connectivity index is 1.08. The van der Waals surface area contributed by atoms with Gasteiger partial charge in [-0.1, -0.05) is 6.07 Å². The number of hydrogen-bond donors (Lipinski definition) is 3. The van der Waals surface area contributed by atoms with Crippen molar-refractivity contribution < 1.29 is 33.7 Å². The van der Waals surface area contributed by atoms with Crippen molar-refractivity contribution in [1.29, 1.82) is 0 Å². The average Bonchev–Trinajstić information content (AvgIpc) is 2.79. The lowest BCUT2D eigenvalue weighted by molar-refractivity contribution is -0.140. The number of hydrogen-bond acceptors (Lipinski definition) is 8. The molecule has 3 heterocycles. The number of alkyl carbamates (subject to hydrolysis) is 1. The summed E-state index contributed by atoms with van der Waals surface area (Å²) in [5.74, 6) is 0.467. The fourth-order valence-electron chi connectivity index (χ4n) is 4.83. The minimum absolute atomic E-state index is 0.119. The molecule has 3 aliphatic rings. The van der Waals surface area contributed by atoms with Crippen LogP contribution in [-0.4, -0.2) is 83.2 Å². The van der Waals surface area contributed by atoms with Crippen molar-refractivity contribution in [2.24, 2.45) is 5.92 Å². The van der Waals surface area contributed by atoms with Gasteiger partial charge in [0.15, 0.2) is 0 Å². The zero-order chi connectivity index (χ0) is 27.3. The quantitative estimate of drug-likeness (QED) is 0.414. The molecule has 0 spiro atoms. The van der Waals surface area contributed by atoms with Gasteiger partial charge in [0.2, 0.25) is 0 Å². The molecular formula is C27H40N4O7. The van der Waals surface area contributed by atoms with Gasteiger partial charge in [-0.25, -0.2) is 19.4 Å². The molecule has 1 atom stereocenters. The van der Waals surface area contributed by atoms with Crippen molar-refractivity contribution in [3.63, 3.8) is 0 Å². The molecule has 2 amide bonds. The Labute approximate surface area is 223 Å². The van der Waals surface area contributed by atoms with Crippen molar-refractivity contribution in [1.82, 2.24) is 15.2 Å². The lowest BCUT2D eigenvalue weighted by Gasteiger charge is -2.39. The van der Waals surface area contributed by atoms with Gasteiger partial charge in [-0.2, -0.15) is 0 Å². The van der Waals surface area contributed by atoms with Crippen LogP contribution in [0.5, 0.6) is 0 Å². The first-order valence-electron chi connectivity index (χ1n) is 13.6. The van der Waals surface area contributed by atoms with Crippen LogP contribution in [0.3, 0.4) is 0 Å². The second-order valence-electron chi connectivity index (χ2n) is 11.4. The highest BCUT2D eigenvalue weighted by Gasteiger charge is 2.37. The number of rotatable bonds is 10. The number of aromatic nitrogens is 1. The van der Waals surface area contributed by atoms with E-state index in [0.717, 1.165) is 56.6 Å². The maximum atomic E-state index is 12.2. The third-order valence-electron chi connectivity index (χ3n) is 7.08. The molecule has 2 fully saturated rings. The molecule has 0 aromatic carbocycles. The predicted octanol–water partition coefficient (Wildman–Crippen LogP) is 3.36. The number of ether oxygens (including phenoxy) is 3. The largest absolute Gasteiger partial charge is 0.480 e. The molecular weight excluding hydrogens is 492 g/mol. The number of carbonyl (C=O) groups is 3. The molecule has 1 saturated carbocycles. The molecule has 0 radical (unpaired) electrons. The van der Waals surface area contributed by atoms with Crippen molar-refractivity contribution >= 4 is 24.0 Å². The Hall–Kier alpha value is -3.08. The molecule has 0 unspecified atom stereocenters. The SMILES string of the molecule is CC(C)(C)OC(=O)N1CC(OC(=O)N[C@@H](CCOC2CC(CCc3ccc4c(n3)NCCC4)C2)C(=O)O)C1. The molecule has 2 aliphatic heterocycles. The summed E-state index contributed by atoms with van der Waals surface area (Å²) in [6, 6.07) is 3.21. The van der Waals surface area contributed by atoms with E-state index in [-0.39, 0.29) is 32.2 Å². The summed E-state index contributed by atoms with van der Waals surface area (Å²) in [6.45, 7) is 6.98. The molecule has 210 valence electrons. The highest BCUT2D eigenvalue weighted by Crippen LogP contribution is 2.34. The van der Waals surface area contributed by atoms with E-state index >= 15 is 0 Å². The minimum Gasteiger partial charge on any atom is -0.480 e. The second kappa shape index (κ2) is 12.2. The number of nitrogens with one attached hydrogen (secondary N) is 2. The fraction of sp³-hybridized carbons (Fsp3) is 0.704. The Morgan fingerprint density at radius 2 is 1.97 bits per heavy atom. The Kier molecular flexibility index (Phi) is 8.96. The second-order valence-corrected chi connectivity index (χ2v) is 11.4. The van der Waals surface area contributed by atoms with Gasteiger partial charge >= 0.3 is 18.2 Å². The van der Waals surface area contributed by atoms with Crippen LogP contribution in [-0.2, 0) is 31.8 Å². The number of aryl methyl sites for hydroxylation is 2. The number of carbonyl (C=O) groups excluding carboxylic acids is 2. The molecule has 1 aromatic rings.